The standard InChI is InChI=1S/C14H16N4/c1-3-11(2)18(9-15)13-6-4-12(5-7-13)14-8-16-10-17-14/h3-11,15H,1H2,2H3,(H,16,17). The number of rotatable bonds is 5. The van der Waals surface area contributed by atoms with Crippen molar-refractivity contribution in [2.75, 3.05) is 4.90 Å². The van der Waals surface area contributed by atoms with E-state index in [2.05, 4.69) is 16.5 Å². The molecule has 0 fully saturated rings. The molecule has 0 aliphatic carbocycles. The van der Waals surface area contributed by atoms with Crippen LogP contribution in [0.1, 0.15) is 6.92 Å². The Balaban J connectivity index is 2.26. The van der Waals surface area contributed by atoms with Crippen LogP contribution in [0.25, 0.3) is 11.3 Å². The van der Waals surface area contributed by atoms with Gasteiger partial charge in [0, 0.05) is 11.7 Å². The Morgan fingerprint density at radius 1 is 1.39 bits per heavy atom. The second-order valence-electron chi connectivity index (χ2n) is 4.02. The van der Waals surface area contributed by atoms with E-state index in [4.69, 9.17) is 5.41 Å². The highest BCUT2D eigenvalue weighted by atomic mass is 15.2. The van der Waals surface area contributed by atoms with Crippen molar-refractivity contribution in [3.05, 3.63) is 49.4 Å². The maximum Gasteiger partial charge on any atom is 0.0924 e. The fourth-order valence-corrected chi connectivity index (χ4v) is 1.77. The first-order chi connectivity index (χ1) is 8.76. The van der Waals surface area contributed by atoms with Crippen molar-refractivity contribution in [1.82, 2.24) is 9.97 Å². The number of H-pyrrole nitrogens is 1. The molecule has 2 rings (SSSR count). The summed E-state index contributed by atoms with van der Waals surface area (Å²) in [5.41, 5.74) is 3.04. The van der Waals surface area contributed by atoms with Crippen LogP contribution in [0, 0.1) is 5.41 Å². The second kappa shape index (κ2) is 5.31. The third-order valence-electron chi connectivity index (χ3n) is 2.89. The molecule has 0 aliphatic heterocycles. The van der Waals surface area contributed by atoms with E-state index in [0.717, 1.165) is 16.9 Å². The fourth-order valence-electron chi connectivity index (χ4n) is 1.77. The lowest BCUT2D eigenvalue weighted by Crippen LogP contribution is -2.29. The molecule has 92 valence electrons. The van der Waals surface area contributed by atoms with E-state index in [1.165, 1.54) is 6.34 Å². The van der Waals surface area contributed by atoms with Crippen molar-refractivity contribution in [3.8, 4) is 11.3 Å². The molecule has 0 saturated heterocycles. The van der Waals surface area contributed by atoms with Crippen molar-refractivity contribution < 1.29 is 0 Å². The molecule has 1 heterocycles. The number of nitrogens with zero attached hydrogens (tertiary/aromatic N) is 2. The van der Waals surface area contributed by atoms with Crippen molar-refractivity contribution >= 4 is 12.0 Å². The van der Waals surface area contributed by atoms with E-state index in [0.29, 0.717) is 0 Å². The Labute approximate surface area is 106 Å². The predicted octanol–water partition coefficient (Wildman–Crippen LogP) is 3.06. The zero-order valence-electron chi connectivity index (χ0n) is 10.3. The number of nitrogens with one attached hydrogen (secondary N) is 2. The van der Waals surface area contributed by atoms with Crippen LogP contribution in [-0.4, -0.2) is 22.3 Å². The molecule has 4 nitrogen and oxygen atoms in total. The number of benzene rings is 1. The first-order valence-corrected chi connectivity index (χ1v) is 5.76. The minimum Gasteiger partial charge on any atom is -0.345 e. The molecule has 0 amide bonds. The molecular formula is C14H16N4. The third-order valence-corrected chi connectivity index (χ3v) is 2.89. The number of aromatic nitrogens is 2. The largest absolute Gasteiger partial charge is 0.345 e. The fraction of sp³-hybridized carbons (Fsp3) is 0.143. The van der Waals surface area contributed by atoms with Gasteiger partial charge in [0.2, 0.25) is 0 Å². The van der Waals surface area contributed by atoms with Gasteiger partial charge in [-0.3, -0.25) is 5.41 Å². The van der Waals surface area contributed by atoms with Gasteiger partial charge < -0.3 is 9.88 Å². The van der Waals surface area contributed by atoms with Crippen LogP contribution in [-0.2, 0) is 0 Å². The predicted molar refractivity (Wildman–Crippen MR) is 74.9 cm³/mol. The molecule has 0 spiro atoms. The number of imidazole rings is 1. The molecule has 1 aromatic heterocycles. The van der Waals surface area contributed by atoms with Gasteiger partial charge in [0.25, 0.3) is 0 Å². The molecule has 0 aliphatic rings. The number of hydrogen-bond acceptors (Lipinski definition) is 2. The van der Waals surface area contributed by atoms with Crippen molar-refractivity contribution in [2.24, 2.45) is 0 Å². The normalized spacial score (nSPS) is 11.8. The summed E-state index contributed by atoms with van der Waals surface area (Å²) < 4.78 is 0. The smallest absolute Gasteiger partial charge is 0.0924 e. The highest BCUT2D eigenvalue weighted by Gasteiger charge is 2.09. The Bertz CT molecular complexity index is 513. The lowest BCUT2D eigenvalue weighted by atomic mass is 10.1. The Morgan fingerprint density at radius 2 is 2.11 bits per heavy atom. The molecule has 1 aromatic carbocycles. The first-order valence-electron chi connectivity index (χ1n) is 5.76. The molecule has 0 bridgehead atoms. The van der Waals surface area contributed by atoms with Crippen LogP contribution in [0.3, 0.4) is 0 Å². The topological polar surface area (TPSA) is 55.8 Å². The van der Waals surface area contributed by atoms with Gasteiger partial charge in [0.15, 0.2) is 0 Å². The summed E-state index contributed by atoms with van der Waals surface area (Å²) in [6, 6.07) is 8.09. The summed E-state index contributed by atoms with van der Waals surface area (Å²) in [5.74, 6) is 0. The monoisotopic (exact) mass is 240 g/mol. The average Bonchev–Trinajstić information content (AvgIpc) is 2.94. The van der Waals surface area contributed by atoms with Gasteiger partial charge in [-0.2, -0.15) is 0 Å². The van der Waals surface area contributed by atoms with Crippen LogP contribution < -0.4 is 4.90 Å². The molecule has 1 atom stereocenters. The quantitative estimate of drug-likeness (QED) is 0.479. The highest BCUT2D eigenvalue weighted by Crippen LogP contribution is 2.22. The third kappa shape index (κ3) is 2.32. The molecule has 1 unspecified atom stereocenters. The summed E-state index contributed by atoms with van der Waals surface area (Å²) in [4.78, 5) is 8.91. The van der Waals surface area contributed by atoms with E-state index in [1.807, 2.05) is 42.2 Å². The van der Waals surface area contributed by atoms with Crippen LogP contribution in [0.4, 0.5) is 5.69 Å². The molecule has 2 N–H and O–H groups in total. The zero-order valence-corrected chi connectivity index (χ0v) is 10.3. The molecule has 2 aromatic rings. The molecule has 0 saturated carbocycles. The number of anilines is 1. The minimum atomic E-state index is 0.0977. The number of hydrogen-bond donors (Lipinski definition) is 2. The van der Waals surface area contributed by atoms with E-state index in [9.17, 15) is 0 Å². The molecular weight excluding hydrogens is 224 g/mol. The maximum atomic E-state index is 7.46. The van der Waals surface area contributed by atoms with Crippen LogP contribution in [0.5, 0.6) is 0 Å². The maximum absolute atomic E-state index is 7.46. The summed E-state index contributed by atoms with van der Waals surface area (Å²) in [6.07, 6.45) is 6.58. The van der Waals surface area contributed by atoms with Crippen molar-refractivity contribution in [2.45, 2.75) is 13.0 Å². The lowest BCUT2D eigenvalue weighted by Gasteiger charge is -2.24. The van der Waals surface area contributed by atoms with Crippen molar-refractivity contribution in [1.29, 1.82) is 5.41 Å². The van der Waals surface area contributed by atoms with E-state index in [1.54, 1.807) is 12.5 Å². The lowest BCUT2D eigenvalue weighted by molar-refractivity contribution is 0.896. The average molecular weight is 240 g/mol. The summed E-state index contributed by atoms with van der Waals surface area (Å²) in [5, 5.41) is 7.46. The first kappa shape index (κ1) is 12.1. The zero-order chi connectivity index (χ0) is 13.0. The Hall–Kier alpha value is -2.36. The Morgan fingerprint density at radius 3 is 2.61 bits per heavy atom. The van der Waals surface area contributed by atoms with Crippen LogP contribution in [0.15, 0.2) is 49.4 Å². The molecule has 18 heavy (non-hydrogen) atoms. The summed E-state index contributed by atoms with van der Waals surface area (Å²) in [7, 11) is 0. The number of aromatic amines is 1. The van der Waals surface area contributed by atoms with Gasteiger partial charge in [0.05, 0.1) is 24.6 Å². The van der Waals surface area contributed by atoms with Crippen molar-refractivity contribution in [3.63, 3.8) is 0 Å². The molecule has 0 radical (unpaired) electrons. The summed E-state index contributed by atoms with van der Waals surface area (Å²) in [6.45, 7) is 5.76. The molecule has 4 heteroatoms. The van der Waals surface area contributed by atoms with E-state index >= 15 is 0 Å². The van der Waals surface area contributed by atoms with E-state index in [-0.39, 0.29) is 6.04 Å². The minimum absolute atomic E-state index is 0.0977. The second-order valence-corrected chi connectivity index (χ2v) is 4.02. The van der Waals surface area contributed by atoms with Gasteiger partial charge in [0.1, 0.15) is 0 Å². The van der Waals surface area contributed by atoms with Crippen LogP contribution >= 0.6 is 0 Å². The van der Waals surface area contributed by atoms with Gasteiger partial charge in [-0.25, -0.2) is 4.98 Å². The van der Waals surface area contributed by atoms with Gasteiger partial charge in [-0.05, 0) is 24.6 Å². The van der Waals surface area contributed by atoms with Crippen LogP contribution in [0.2, 0.25) is 0 Å². The van der Waals surface area contributed by atoms with Gasteiger partial charge in [-0.15, -0.1) is 6.58 Å². The summed E-state index contributed by atoms with van der Waals surface area (Å²) >= 11 is 0. The van der Waals surface area contributed by atoms with Gasteiger partial charge >= 0.3 is 0 Å². The Kier molecular flexibility index (Phi) is 3.57. The SMILES string of the molecule is C=CC(C)N(C=N)c1ccc(-c2cnc[nH]2)cc1. The van der Waals surface area contributed by atoms with Gasteiger partial charge in [-0.1, -0.05) is 18.2 Å². The highest BCUT2D eigenvalue weighted by molar-refractivity contribution is 5.79. The van der Waals surface area contributed by atoms with E-state index < -0.39 is 0 Å².